The molecule has 0 amide bonds. The minimum atomic E-state index is 0.327. The second-order valence-electron chi connectivity index (χ2n) is 3.66. The normalized spacial score (nSPS) is 10.3. The molecule has 6 heteroatoms. The van der Waals surface area contributed by atoms with Gasteiger partial charge in [0.2, 0.25) is 0 Å². The van der Waals surface area contributed by atoms with Gasteiger partial charge in [0, 0.05) is 5.56 Å². The van der Waals surface area contributed by atoms with Gasteiger partial charge in [-0.3, -0.25) is 0 Å². The summed E-state index contributed by atoms with van der Waals surface area (Å²) in [5.41, 5.74) is 6.32. The first-order valence-electron chi connectivity index (χ1n) is 5.20. The second-order valence-corrected chi connectivity index (χ2v) is 5.74. The molecule has 0 saturated carbocycles. The van der Waals surface area contributed by atoms with E-state index in [-0.39, 0.29) is 0 Å². The van der Waals surface area contributed by atoms with Gasteiger partial charge in [-0.05, 0) is 46.3 Å². The molecule has 0 saturated heterocycles. The van der Waals surface area contributed by atoms with Gasteiger partial charge in [-0.15, -0.1) is 0 Å². The highest BCUT2D eigenvalue weighted by Gasteiger charge is 2.10. The van der Waals surface area contributed by atoms with Crippen molar-refractivity contribution in [3.8, 4) is 11.5 Å². The van der Waals surface area contributed by atoms with Gasteiger partial charge in [-0.1, -0.05) is 41.5 Å². The van der Waals surface area contributed by atoms with E-state index in [1.54, 1.807) is 36.4 Å². The lowest BCUT2D eigenvalue weighted by Crippen LogP contribution is -2.09. The van der Waals surface area contributed by atoms with Crippen LogP contribution in [0.3, 0.4) is 0 Å². The Bertz CT molecular complexity index is 649. The maximum Gasteiger partial charge on any atom is 0.147 e. The Hall–Kier alpha value is -0.810. The molecule has 2 rings (SSSR count). The minimum absolute atomic E-state index is 0.327. The summed E-state index contributed by atoms with van der Waals surface area (Å²) in [6.07, 6.45) is 0. The maximum absolute atomic E-state index is 6.06. The van der Waals surface area contributed by atoms with Crippen LogP contribution in [0, 0.1) is 0 Å². The van der Waals surface area contributed by atoms with Gasteiger partial charge in [-0.2, -0.15) is 0 Å². The van der Waals surface area contributed by atoms with Crippen molar-refractivity contribution in [1.29, 1.82) is 0 Å². The van der Waals surface area contributed by atoms with Crippen LogP contribution >= 0.6 is 51.3 Å². The van der Waals surface area contributed by atoms with Crippen molar-refractivity contribution in [3.05, 3.63) is 56.5 Å². The van der Waals surface area contributed by atoms with Crippen molar-refractivity contribution in [3.63, 3.8) is 0 Å². The zero-order valence-electron chi connectivity index (χ0n) is 9.49. The quantitative estimate of drug-likeness (QED) is 0.749. The lowest BCUT2D eigenvalue weighted by molar-refractivity contribution is 0.480. The molecule has 0 aromatic heterocycles. The van der Waals surface area contributed by atoms with E-state index >= 15 is 0 Å². The van der Waals surface area contributed by atoms with Crippen LogP contribution in [0.2, 0.25) is 10.0 Å². The molecule has 0 unspecified atom stereocenters. The number of ether oxygens (including phenoxy) is 1. The second kappa shape index (κ2) is 6.09. The van der Waals surface area contributed by atoms with Gasteiger partial charge in [-0.25, -0.2) is 0 Å². The fourth-order valence-corrected chi connectivity index (χ4v) is 2.34. The van der Waals surface area contributed by atoms with Crippen molar-refractivity contribution in [2.75, 3.05) is 0 Å². The molecule has 0 aliphatic rings. The van der Waals surface area contributed by atoms with E-state index < -0.39 is 0 Å². The number of nitrogens with two attached hydrogens (primary N) is 1. The van der Waals surface area contributed by atoms with Crippen LogP contribution in [0.5, 0.6) is 11.5 Å². The summed E-state index contributed by atoms with van der Waals surface area (Å²) in [7, 11) is 0. The fraction of sp³-hybridized carbons (Fsp3) is 0. The van der Waals surface area contributed by atoms with E-state index in [1.807, 2.05) is 0 Å². The number of hydrogen-bond donors (Lipinski definition) is 1. The molecule has 2 nitrogen and oxygen atoms in total. The zero-order chi connectivity index (χ0) is 14.0. The average Bonchev–Trinajstić information content (AvgIpc) is 2.37. The van der Waals surface area contributed by atoms with E-state index in [0.29, 0.717) is 26.5 Å². The monoisotopic (exact) mass is 375 g/mol. The molecule has 0 heterocycles. The van der Waals surface area contributed by atoms with E-state index in [4.69, 9.17) is 45.9 Å². The summed E-state index contributed by atoms with van der Waals surface area (Å²) in [6.45, 7) is 0. The summed E-state index contributed by atoms with van der Waals surface area (Å²) in [5, 5.41) is 0.810. The van der Waals surface area contributed by atoms with Crippen molar-refractivity contribution < 1.29 is 4.74 Å². The fourth-order valence-electron chi connectivity index (χ4n) is 1.42. The third-order valence-corrected chi connectivity index (χ3v) is 4.01. The molecule has 0 atom stereocenters. The van der Waals surface area contributed by atoms with Crippen molar-refractivity contribution in [1.82, 2.24) is 0 Å². The zero-order valence-corrected chi connectivity index (χ0v) is 13.4. The highest BCUT2D eigenvalue weighted by molar-refractivity contribution is 9.10. The smallest absolute Gasteiger partial charge is 0.147 e. The number of thiocarbonyl (C=S) groups is 1. The van der Waals surface area contributed by atoms with Gasteiger partial charge in [0.05, 0.1) is 9.50 Å². The molecular formula is C13H8BrCl2NOS. The largest absolute Gasteiger partial charge is 0.455 e. The Morgan fingerprint density at radius 3 is 2.53 bits per heavy atom. The predicted molar refractivity (Wildman–Crippen MR) is 86.6 cm³/mol. The SMILES string of the molecule is NC(=S)c1ccc(Oc2cccc(Cl)c2Cl)c(Br)c1. The Morgan fingerprint density at radius 2 is 1.89 bits per heavy atom. The molecular weight excluding hydrogens is 369 g/mol. The third-order valence-electron chi connectivity index (χ3n) is 2.35. The van der Waals surface area contributed by atoms with Crippen LogP contribution in [0.1, 0.15) is 5.56 Å². The Labute approximate surface area is 134 Å². The minimum Gasteiger partial charge on any atom is -0.455 e. The van der Waals surface area contributed by atoms with Gasteiger partial charge >= 0.3 is 0 Å². The molecule has 2 aromatic rings. The van der Waals surface area contributed by atoms with Crippen LogP contribution < -0.4 is 10.5 Å². The van der Waals surface area contributed by atoms with Gasteiger partial charge in [0.1, 0.15) is 21.5 Å². The van der Waals surface area contributed by atoms with E-state index in [9.17, 15) is 0 Å². The summed E-state index contributed by atoms with van der Waals surface area (Å²) in [4.78, 5) is 0.327. The Kier molecular flexibility index (Phi) is 4.68. The van der Waals surface area contributed by atoms with E-state index in [2.05, 4.69) is 15.9 Å². The summed E-state index contributed by atoms with van der Waals surface area (Å²) < 4.78 is 6.44. The standard InChI is InChI=1S/C13H8BrCl2NOS/c14-8-6-7(13(17)19)4-5-10(8)18-11-3-1-2-9(15)12(11)16/h1-6H,(H2,17,19). The molecule has 0 bridgehead atoms. The topological polar surface area (TPSA) is 35.2 Å². The molecule has 0 aliphatic carbocycles. The summed E-state index contributed by atoms with van der Waals surface area (Å²) in [6, 6.07) is 10.5. The van der Waals surface area contributed by atoms with Crippen LogP contribution in [0.25, 0.3) is 0 Å². The first kappa shape index (κ1) is 14.6. The van der Waals surface area contributed by atoms with Crippen molar-refractivity contribution >= 4 is 56.3 Å². The van der Waals surface area contributed by atoms with E-state index in [1.165, 1.54) is 0 Å². The highest BCUT2D eigenvalue weighted by Crippen LogP contribution is 2.37. The molecule has 19 heavy (non-hydrogen) atoms. The summed E-state index contributed by atoms with van der Waals surface area (Å²) >= 11 is 20.3. The molecule has 98 valence electrons. The van der Waals surface area contributed by atoms with E-state index in [0.717, 1.165) is 10.0 Å². The lowest BCUT2D eigenvalue weighted by Gasteiger charge is -2.11. The van der Waals surface area contributed by atoms with Crippen LogP contribution in [-0.2, 0) is 0 Å². The molecule has 2 N–H and O–H groups in total. The number of rotatable bonds is 3. The predicted octanol–water partition coefficient (Wildman–Crippen LogP) is 5.18. The number of benzene rings is 2. The lowest BCUT2D eigenvalue weighted by atomic mass is 10.2. The third kappa shape index (κ3) is 3.39. The van der Waals surface area contributed by atoms with Crippen LogP contribution in [0.15, 0.2) is 40.9 Å². The molecule has 0 aliphatic heterocycles. The van der Waals surface area contributed by atoms with Crippen molar-refractivity contribution in [2.45, 2.75) is 0 Å². The molecule has 2 aromatic carbocycles. The Morgan fingerprint density at radius 1 is 1.16 bits per heavy atom. The van der Waals surface area contributed by atoms with Gasteiger partial charge in [0.15, 0.2) is 0 Å². The van der Waals surface area contributed by atoms with Crippen LogP contribution in [0.4, 0.5) is 0 Å². The highest BCUT2D eigenvalue weighted by atomic mass is 79.9. The van der Waals surface area contributed by atoms with Gasteiger partial charge in [0.25, 0.3) is 0 Å². The number of halogens is 3. The first-order chi connectivity index (χ1) is 8.99. The Balaban J connectivity index is 2.34. The van der Waals surface area contributed by atoms with Crippen molar-refractivity contribution in [2.24, 2.45) is 5.73 Å². The number of hydrogen-bond acceptors (Lipinski definition) is 2. The molecule has 0 radical (unpaired) electrons. The molecule has 0 spiro atoms. The molecule has 0 fully saturated rings. The van der Waals surface area contributed by atoms with Crippen LogP contribution in [-0.4, -0.2) is 4.99 Å². The first-order valence-corrected chi connectivity index (χ1v) is 7.16. The summed E-state index contributed by atoms with van der Waals surface area (Å²) in [5.74, 6) is 1.09. The van der Waals surface area contributed by atoms with Gasteiger partial charge < -0.3 is 10.5 Å². The average molecular weight is 377 g/mol. The maximum atomic E-state index is 6.06.